The number of carbonyl (C=O) groups excluding carboxylic acids is 1. The third-order valence-corrected chi connectivity index (χ3v) is 2.10. The van der Waals surface area contributed by atoms with Crippen LogP contribution in [0, 0.1) is 0 Å². The second-order valence-corrected chi connectivity index (χ2v) is 3.03. The quantitative estimate of drug-likeness (QED) is 0.506. The lowest BCUT2D eigenvalue weighted by atomic mass is 10.2. The second-order valence-electron chi connectivity index (χ2n) is 3.03. The highest BCUT2D eigenvalue weighted by atomic mass is 16.4. The van der Waals surface area contributed by atoms with Gasteiger partial charge in [0.2, 0.25) is 0 Å². The number of para-hydroxylation sites is 1. The number of ketones is 1. The summed E-state index contributed by atoms with van der Waals surface area (Å²) in [6.07, 6.45) is 0. The monoisotopic (exact) mass is 205 g/mol. The molecule has 2 aromatic rings. The fourth-order valence-corrected chi connectivity index (χ4v) is 1.40. The molecule has 1 aromatic heterocycles. The number of aliphatic carboxylic acids is 1. The van der Waals surface area contributed by atoms with E-state index < -0.39 is 11.8 Å². The van der Waals surface area contributed by atoms with Gasteiger partial charge in [-0.3, -0.25) is 4.79 Å². The molecule has 0 fully saturated rings. The molecule has 0 amide bonds. The number of carbonyl (C=O) groups is 2. The van der Waals surface area contributed by atoms with Crippen LogP contribution in [0.2, 0.25) is 0 Å². The minimum atomic E-state index is -1.60. The van der Waals surface area contributed by atoms with Crippen molar-refractivity contribution >= 4 is 22.7 Å². The molecule has 0 aliphatic carbocycles. The minimum Gasteiger partial charge on any atom is -0.505 e. The van der Waals surface area contributed by atoms with Crippen molar-refractivity contribution in [3.63, 3.8) is 0 Å². The number of rotatable bonds is 2. The Labute approximate surface area is 84.0 Å². The molecule has 1 aromatic carbocycles. The first-order valence-electron chi connectivity index (χ1n) is 4.18. The Hall–Kier alpha value is -2.30. The van der Waals surface area contributed by atoms with Crippen LogP contribution in [0.25, 0.3) is 10.9 Å². The maximum Gasteiger partial charge on any atom is 0.378 e. The number of fused-ring (bicyclic) bond motifs is 1. The molecule has 1 heterocycles. The number of benzene rings is 1. The van der Waals surface area contributed by atoms with Gasteiger partial charge in [0.25, 0.3) is 5.78 Å². The summed E-state index contributed by atoms with van der Waals surface area (Å²) in [5.41, 5.74) is 0.239. The van der Waals surface area contributed by atoms with E-state index in [1.807, 2.05) is 0 Å². The lowest BCUT2D eigenvalue weighted by Gasteiger charge is -1.91. The molecule has 2 rings (SSSR count). The fourth-order valence-electron chi connectivity index (χ4n) is 1.40. The summed E-state index contributed by atoms with van der Waals surface area (Å²) in [5.74, 6) is -3.07. The van der Waals surface area contributed by atoms with E-state index in [4.69, 9.17) is 5.11 Å². The second kappa shape index (κ2) is 3.13. The number of aromatic hydroxyl groups is 1. The van der Waals surface area contributed by atoms with Crippen LogP contribution in [-0.2, 0) is 4.79 Å². The molecular weight excluding hydrogens is 198 g/mol. The summed E-state index contributed by atoms with van der Waals surface area (Å²) in [7, 11) is 0. The average molecular weight is 205 g/mol. The van der Waals surface area contributed by atoms with Gasteiger partial charge in [-0.25, -0.2) is 4.79 Å². The van der Waals surface area contributed by atoms with E-state index in [0.717, 1.165) is 0 Å². The summed E-state index contributed by atoms with van der Waals surface area (Å²) in [6, 6.07) is 6.64. The van der Waals surface area contributed by atoms with E-state index in [9.17, 15) is 14.7 Å². The van der Waals surface area contributed by atoms with Gasteiger partial charge in [0, 0.05) is 10.9 Å². The molecule has 0 unspecified atom stereocenters. The van der Waals surface area contributed by atoms with Crippen molar-refractivity contribution in [3.05, 3.63) is 30.0 Å². The van der Waals surface area contributed by atoms with E-state index in [1.54, 1.807) is 24.3 Å². The Morgan fingerprint density at radius 3 is 2.47 bits per heavy atom. The molecule has 0 spiro atoms. The predicted octanol–water partition coefficient (Wildman–Crippen LogP) is 1.14. The van der Waals surface area contributed by atoms with Gasteiger partial charge in [0.1, 0.15) is 5.69 Å². The number of hydrogen-bond acceptors (Lipinski definition) is 3. The topological polar surface area (TPSA) is 90.4 Å². The molecular formula is C10H7NO4. The average Bonchev–Trinajstić information content (AvgIpc) is 2.56. The summed E-state index contributed by atoms with van der Waals surface area (Å²) >= 11 is 0. The third-order valence-electron chi connectivity index (χ3n) is 2.10. The summed E-state index contributed by atoms with van der Waals surface area (Å²) in [4.78, 5) is 24.2. The van der Waals surface area contributed by atoms with Gasteiger partial charge in [-0.2, -0.15) is 0 Å². The fraction of sp³-hybridized carbons (Fsp3) is 0. The van der Waals surface area contributed by atoms with Gasteiger partial charge in [-0.1, -0.05) is 12.1 Å². The van der Waals surface area contributed by atoms with Crippen molar-refractivity contribution in [1.29, 1.82) is 0 Å². The van der Waals surface area contributed by atoms with Crippen LogP contribution in [-0.4, -0.2) is 26.9 Å². The Morgan fingerprint density at radius 1 is 1.20 bits per heavy atom. The maximum atomic E-state index is 11.1. The molecule has 0 bridgehead atoms. The van der Waals surface area contributed by atoms with Gasteiger partial charge in [-0.15, -0.1) is 0 Å². The highest BCUT2D eigenvalue weighted by molar-refractivity contribution is 6.40. The smallest absolute Gasteiger partial charge is 0.378 e. The van der Waals surface area contributed by atoms with Crippen molar-refractivity contribution < 1.29 is 19.8 Å². The highest BCUT2D eigenvalue weighted by Gasteiger charge is 2.22. The van der Waals surface area contributed by atoms with Crippen molar-refractivity contribution in [3.8, 4) is 5.75 Å². The first kappa shape index (κ1) is 9.26. The maximum absolute atomic E-state index is 11.1. The van der Waals surface area contributed by atoms with Gasteiger partial charge in [0.05, 0.1) is 0 Å². The Kier molecular flexibility index (Phi) is 1.93. The summed E-state index contributed by atoms with van der Waals surface area (Å²) < 4.78 is 0. The molecule has 3 N–H and O–H groups in total. The zero-order valence-corrected chi connectivity index (χ0v) is 7.52. The van der Waals surface area contributed by atoms with Gasteiger partial charge >= 0.3 is 5.97 Å². The molecule has 0 saturated carbocycles. The normalized spacial score (nSPS) is 10.4. The Balaban J connectivity index is 2.68. The van der Waals surface area contributed by atoms with Gasteiger partial charge in [-0.05, 0) is 12.1 Å². The zero-order chi connectivity index (χ0) is 11.0. The van der Waals surface area contributed by atoms with Crippen LogP contribution < -0.4 is 0 Å². The van der Waals surface area contributed by atoms with Gasteiger partial charge in [0.15, 0.2) is 5.75 Å². The van der Waals surface area contributed by atoms with Crippen molar-refractivity contribution in [2.75, 3.05) is 0 Å². The molecule has 5 heteroatoms. The number of Topliss-reactive ketones (excluding diaryl/α,β-unsaturated/α-hetero) is 1. The molecule has 5 nitrogen and oxygen atoms in total. The van der Waals surface area contributed by atoms with Crippen LogP contribution >= 0.6 is 0 Å². The van der Waals surface area contributed by atoms with E-state index in [-0.39, 0.29) is 11.4 Å². The third kappa shape index (κ3) is 1.34. The molecule has 0 aliphatic heterocycles. The lowest BCUT2D eigenvalue weighted by molar-refractivity contribution is -0.131. The van der Waals surface area contributed by atoms with Gasteiger partial charge < -0.3 is 15.2 Å². The minimum absolute atomic E-state index is 0.288. The molecule has 15 heavy (non-hydrogen) atoms. The highest BCUT2D eigenvalue weighted by Crippen LogP contribution is 2.28. The van der Waals surface area contributed by atoms with Crippen LogP contribution in [0.3, 0.4) is 0 Å². The number of H-pyrrole nitrogens is 1. The van der Waals surface area contributed by atoms with E-state index >= 15 is 0 Å². The van der Waals surface area contributed by atoms with Crippen LogP contribution in [0.15, 0.2) is 24.3 Å². The van der Waals surface area contributed by atoms with Crippen molar-refractivity contribution in [1.82, 2.24) is 4.98 Å². The number of carboxylic acid groups (broad SMARTS) is 1. The number of carboxylic acids is 1. The van der Waals surface area contributed by atoms with Crippen LogP contribution in [0.5, 0.6) is 5.75 Å². The van der Waals surface area contributed by atoms with E-state index in [1.165, 1.54) is 0 Å². The number of hydrogen-bond donors (Lipinski definition) is 3. The largest absolute Gasteiger partial charge is 0.505 e. The summed E-state index contributed by atoms with van der Waals surface area (Å²) in [6.45, 7) is 0. The Morgan fingerprint density at radius 2 is 1.87 bits per heavy atom. The van der Waals surface area contributed by atoms with Crippen molar-refractivity contribution in [2.45, 2.75) is 0 Å². The molecule has 76 valence electrons. The first-order valence-corrected chi connectivity index (χ1v) is 4.18. The molecule has 0 radical (unpaired) electrons. The van der Waals surface area contributed by atoms with E-state index in [0.29, 0.717) is 10.9 Å². The summed E-state index contributed by atoms with van der Waals surface area (Å²) in [5, 5.41) is 18.5. The molecule has 0 aliphatic rings. The van der Waals surface area contributed by atoms with Crippen LogP contribution in [0.4, 0.5) is 0 Å². The molecule has 0 saturated heterocycles. The van der Waals surface area contributed by atoms with Crippen molar-refractivity contribution in [2.24, 2.45) is 0 Å². The lowest BCUT2D eigenvalue weighted by Crippen LogP contribution is -2.13. The SMILES string of the molecule is O=C(O)C(=O)c1[nH]c2ccccc2c1O. The zero-order valence-electron chi connectivity index (χ0n) is 7.52. The van der Waals surface area contributed by atoms with Crippen LogP contribution in [0.1, 0.15) is 10.5 Å². The predicted molar refractivity (Wildman–Crippen MR) is 51.9 cm³/mol. The Bertz CT molecular complexity index is 556. The standard InChI is InChI=1S/C10H7NO4/c12-8-5-3-1-2-4-6(5)11-7(8)9(13)10(14)15/h1-4,11-12H,(H,14,15). The number of aromatic nitrogens is 1. The number of nitrogens with one attached hydrogen (secondary N) is 1. The number of aromatic amines is 1. The molecule has 0 atom stereocenters. The van der Waals surface area contributed by atoms with E-state index in [2.05, 4.69) is 4.98 Å². The first-order chi connectivity index (χ1) is 7.11.